The molecule has 0 spiro atoms. The normalized spacial score (nSPS) is 11.7. The highest BCUT2D eigenvalue weighted by atomic mass is 32.2. The van der Waals surface area contributed by atoms with Crippen LogP contribution in [-0.2, 0) is 9.84 Å². The van der Waals surface area contributed by atoms with Crippen LogP contribution in [0.1, 0.15) is 23.0 Å². The van der Waals surface area contributed by atoms with Crippen molar-refractivity contribution in [3.8, 4) is 5.13 Å². The van der Waals surface area contributed by atoms with Crippen molar-refractivity contribution in [3.63, 3.8) is 0 Å². The van der Waals surface area contributed by atoms with Gasteiger partial charge < -0.3 is 5.32 Å². The Morgan fingerprint density at radius 2 is 2.00 bits per heavy atom. The summed E-state index contributed by atoms with van der Waals surface area (Å²) < 4.78 is 39.8. The first kappa shape index (κ1) is 20.2. The van der Waals surface area contributed by atoms with Crippen LogP contribution >= 0.6 is 11.3 Å². The molecule has 1 amide bonds. The number of sulfone groups is 1. The summed E-state index contributed by atoms with van der Waals surface area (Å²) >= 11 is 1.24. The number of anilines is 1. The summed E-state index contributed by atoms with van der Waals surface area (Å²) in [6.45, 7) is 3.32. The average molecular weight is 445 g/mol. The average Bonchev–Trinajstić information content (AvgIpc) is 3.30. The zero-order valence-corrected chi connectivity index (χ0v) is 17.7. The number of rotatable bonds is 5. The molecule has 2 heterocycles. The molecule has 0 aliphatic heterocycles. The van der Waals surface area contributed by atoms with Crippen LogP contribution in [0.3, 0.4) is 0 Å². The minimum atomic E-state index is -3.43. The fourth-order valence-corrected chi connectivity index (χ4v) is 4.78. The molecule has 0 bridgehead atoms. The lowest BCUT2D eigenvalue weighted by atomic mass is 10.2. The van der Waals surface area contributed by atoms with Crippen LogP contribution in [0.25, 0.3) is 15.3 Å². The third-order valence-electron chi connectivity index (χ3n) is 4.43. The number of thiazole rings is 1. The Morgan fingerprint density at radius 1 is 1.20 bits per heavy atom. The van der Waals surface area contributed by atoms with E-state index in [1.807, 2.05) is 0 Å². The van der Waals surface area contributed by atoms with Gasteiger partial charge in [-0.15, -0.1) is 0 Å². The first-order valence-electron chi connectivity index (χ1n) is 9.04. The molecule has 0 saturated carbocycles. The van der Waals surface area contributed by atoms with Crippen molar-refractivity contribution < 1.29 is 17.6 Å². The number of carbonyl (C=O) groups excluding carboxylic acids is 1. The number of aryl methyl sites for hydroxylation is 1. The van der Waals surface area contributed by atoms with Gasteiger partial charge in [0.1, 0.15) is 11.6 Å². The molecule has 0 aliphatic rings. The van der Waals surface area contributed by atoms with E-state index in [2.05, 4.69) is 15.4 Å². The summed E-state index contributed by atoms with van der Waals surface area (Å²) in [5, 5.41) is 7.61. The number of amides is 1. The summed E-state index contributed by atoms with van der Waals surface area (Å²) in [4.78, 5) is 17.3. The monoisotopic (exact) mass is 444 g/mol. The summed E-state index contributed by atoms with van der Waals surface area (Å²) in [5.41, 5.74) is 1.48. The lowest BCUT2D eigenvalue weighted by Crippen LogP contribution is -2.16. The molecule has 0 atom stereocenters. The van der Waals surface area contributed by atoms with Gasteiger partial charge in [-0.3, -0.25) is 4.79 Å². The molecule has 10 heteroatoms. The number of fused-ring (bicyclic) bond motifs is 1. The number of nitrogens with one attached hydrogen (secondary N) is 1. The maximum Gasteiger partial charge on any atom is 0.256 e. The highest BCUT2D eigenvalue weighted by molar-refractivity contribution is 7.91. The molecule has 2 aromatic heterocycles. The molecule has 2 aromatic carbocycles. The summed E-state index contributed by atoms with van der Waals surface area (Å²) in [6.07, 6.45) is 0. The van der Waals surface area contributed by atoms with E-state index in [1.165, 1.54) is 52.4 Å². The molecular weight excluding hydrogens is 427 g/mol. The molecule has 4 aromatic rings. The van der Waals surface area contributed by atoms with Crippen molar-refractivity contribution in [2.24, 2.45) is 0 Å². The van der Waals surface area contributed by atoms with Gasteiger partial charge in [-0.05, 0) is 43.3 Å². The predicted molar refractivity (Wildman–Crippen MR) is 114 cm³/mol. The van der Waals surface area contributed by atoms with Crippen molar-refractivity contribution in [3.05, 3.63) is 65.6 Å². The Bertz CT molecular complexity index is 1380. The Kier molecular flexibility index (Phi) is 5.12. The minimum Gasteiger partial charge on any atom is -0.306 e. The minimum absolute atomic E-state index is 0.0533. The summed E-state index contributed by atoms with van der Waals surface area (Å²) in [5.74, 6) is -0.510. The number of halogens is 1. The van der Waals surface area contributed by atoms with E-state index in [1.54, 1.807) is 26.0 Å². The second-order valence-electron chi connectivity index (χ2n) is 6.58. The van der Waals surface area contributed by atoms with Crippen LogP contribution in [0.4, 0.5) is 10.2 Å². The first-order chi connectivity index (χ1) is 14.3. The van der Waals surface area contributed by atoms with Gasteiger partial charge in [-0.1, -0.05) is 24.3 Å². The smallest absolute Gasteiger partial charge is 0.256 e. The second kappa shape index (κ2) is 7.62. The third-order valence-corrected chi connectivity index (χ3v) is 7.15. The van der Waals surface area contributed by atoms with Gasteiger partial charge in [0.05, 0.1) is 26.6 Å². The fourth-order valence-electron chi connectivity index (χ4n) is 2.90. The molecule has 0 aliphatic carbocycles. The molecule has 154 valence electrons. The molecule has 4 rings (SSSR count). The lowest BCUT2D eigenvalue weighted by Gasteiger charge is -2.08. The van der Waals surface area contributed by atoms with Crippen LogP contribution in [0, 0.1) is 12.7 Å². The molecular formula is C20H17FN4O3S2. The van der Waals surface area contributed by atoms with Crippen molar-refractivity contribution in [2.45, 2.75) is 18.7 Å². The van der Waals surface area contributed by atoms with E-state index in [9.17, 15) is 17.6 Å². The molecule has 0 unspecified atom stereocenters. The Hall–Kier alpha value is -3.11. The number of hydrogen-bond donors (Lipinski definition) is 1. The van der Waals surface area contributed by atoms with Gasteiger partial charge in [-0.2, -0.15) is 9.78 Å². The van der Waals surface area contributed by atoms with Gasteiger partial charge in [0.15, 0.2) is 9.84 Å². The quantitative estimate of drug-likeness (QED) is 0.503. The summed E-state index contributed by atoms with van der Waals surface area (Å²) in [6, 6.07) is 11.9. The highest BCUT2D eigenvalue weighted by Crippen LogP contribution is 2.28. The van der Waals surface area contributed by atoms with Crippen LogP contribution in [0.2, 0.25) is 0 Å². The van der Waals surface area contributed by atoms with Crippen LogP contribution in [0.5, 0.6) is 0 Å². The first-order valence-corrected chi connectivity index (χ1v) is 11.5. The van der Waals surface area contributed by atoms with E-state index in [-0.39, 0.29) is 22.0 Å². The van der Waals surface area contributed by atoms with Crippen molar-refractivity contribution in [1.82, 2.24) is 14.8 Å². The zero-order chi connectivity index (χ0) is 21.5. The van der Waals surface area contributed by atoms with Crippen molar-refractivity contribution in [2.75, 3.05) is 11.1 Å². The van der Waals surface area contributed by atoms with Gasteiger partial charge in [0, 0.05) is 11.6 Å². The fraction of sp³-hybridized carbons (Fsp3) is 0.150. The Labute approximate surface area is 176 Å². The second-order valence-corrected chi connectivity index (χ2v) is 9.86. The number of aromatic nitrogens is 3. The molecule has 7 nitrogen and oxygen atoms in total. The molecule has 30 heavy (non-hydrogen) atoms. The van der Waals surface area contributed by atoms with E-state index < -0.39 is 15.7 Å². The Balaban J connectivity index is 1.68. The largest absolute Gasteiger partial charge is 0.306 e. The van der Waals surface area contributed by atoms with E-state index in [4.69, 9.17) is 0 Å². The number of nitrogens with zero attached hydrogens (tertiary/aromatic N) is 3. The number of hydrogen-bond acceptors (Lipinski definition) is 6. The maximum atomic E-state index is 13.5. The maximum absolute atomic E-state index is 13.5. The highest BCUT2D eigenvalue weighted by Gasteiger charge is 2.18. The van der Waals surface area contributed by atoms with Gasteiger partial charge in [0.25, 0.3) is 5.91 Å². The molecule has 0 radical (unpaired) electrons. The van der Waals surface area contributed by atoms with Gasteiger partial charge in [-0.25, -0.2) is 17.8 Å². The van der Waals surface area contributed by atoms with Crippen LogP contribution < -0.4 is 5.32 Å². The number of carbonyl (C=O) groups is 1. The predicted octanol–water partition coefficient (Wildman–Crippen LogP) is 3.98. The van der Waals surface area contributed by atoms with Gasteiger partial charge in [0.2, 0.25) is 5.13 Å². The van der Waals surface area contributed by atoms with E-state index >= 15 is 0 Å². The van der Waals surface area contributed by atoms with Crippen LogP contribution in [0.15, 0.2) is 53.4 Å². The molecule has 0 saturated heterocycles. The summed E-state index contributed by atoms with van der Waals surface area (Å²) in [7, 11) is -3.43. The van der Waals surface area contributed by atoms with E-state index in [0.29, 0.717) is 26.9 Å². The lowest BCUT2D eigenvalue weighted by molar-refractivity contribution is 0.102. The topological polar surface area (TPSA) is 94.0 Å². The third kappa shape index (κ3) is 3.83. The number of benzene rings is 2. The van der Waals surface area contributed by atoms with Crippen molar-refractivity contribution >= 4 is 43.1 Å². The van der Waals surface area contributed by atoms with E-state index in [0.717, 1.165) is 0 Å². The van der Waals surface area contributed by atoms with Crippen molar-refractivity contribution in [1.29, 1.82) is 0 Å². The Morgan fingerprint density at radius 3 is 2.77 bits per heavy atom. The molecule has 0 fully saturated rings. The zero-order valence-electron chi connectivity index (χ0n) is 16.1. The van der Waals surface area contributed by atoms with Gasteiger partial charge >= 0.3 is 0 Å². The standard InChI is InChI=1S/C20H17FN4O3S2/c1-3-30(27,28)15-6-4-5-13(10-15)19(26)23-18-9-12(2)24-25(18)20-22-16-8-7-14(21)11-17(16)29-20/h4-11H,3H2,1-2H3,(H,23,26). The SMILES string of the molecule is CCS(=O)(=O)c1cccc(C(=O)Nc2cc(C)nn2-c2nc3ccc(F)cc3s2)c1. The van der Waals surface area contributed by atoms with Crippen LogP contribution in [-0.4, -0.2) is 34.8 Å². The molecule has 1 N–H and O–H groups in total.